The van der Waals surface area contributed by atoms with Crippen LogP contribution in [0.3, 0.4) is 0 Å². The van der Waals surface area contributed by atoms with Gasteiger partial charge in [-0.3, -0.25) is 4.79 Å². The number of ether oxygens (including phenoxy) is 1. The van der Waals surface area contributed by atoms with Gasteiger partial charge >= 0.3 is 0 Å². The Labute approximate surface area is 151 Å². The minimum atomic E-state index is -0.704. The molecule has 0 heterocycles. The predicted molar refractivity (Wildman–Crippen MR) is 94.2 cm³/mol. The highest BCUT2D eigenvalue weighted by atomic mass is 35.5. The first-order valence-electron chi connectivity index (χ1n) is 7.27. The van der Waals surface area contributed by atoms with Crippen LogP contribution in [0.25, 0.3) is 0 Å². The lowest BCUT2D eigenvalue weighted by Crippen LogP contribution is -2.37. The molecule has 2 aromatic rings. The molecule has 1 atom stereocenters. The van der Waals surface area contributed by atoms with E-state index in [9.17, 15) is 4.79 Å². The number of nitriles is 1. The predicted octanol–water partition coefficient (Wildman–Crippen LogP) is 4.29. The molecule has 0 radical (unpaired) electrons. The highest BCUT2D eigenvalue weighted by Gasteiger charge is 2.20. The van der Waals surface area contributed by atoms with Crippen molar-refractivity contribution in [2.75, 3.05) is 7.05 Å². The lowest BCUT2D eigenvalue weighted by molar-refractivity contribution is -0.137. The monoisotopic (exact) mass is 362 g/mol. The smallest absolute Gasteiger partial charge is 0.263 e. The molecule has 0 aliphatic rings. The Balaban J connectivity index is 2.01. The van der Waals surface area contributed by atoms with Crippen molar-refractivity contribution in [3.8, 4) is 11.8 Å². The molecule has 0 aromatic heterocycles. The average molecular weight is 363 g/mol. The lowest BCUT2D eigenvalue weighted by atomic mass is 10.1. The second kappa shape index (κ2) is 8.05. The van der Waals surface area contributed by atoms with Crippen LogP contribution in [0, 0.1) is 11.3 Å². The molecule has 0 aliphatic carbocycles. The van der Waals surface area contributed by atoms with E-state index in [0.717, 1.165) is 5.56 Å². The second-order valence-electron chi connectivity index (χ2n) is 5.32. The van der Waals surface area contributed by atoms with Gasteiger partial charge in [-0.15, -0.1) is 0 Å². The third kappa shape index (κ3) is 4.41. The topological polar surface area (TPSA) is 53.3 Å². The minimum Gasteiger partial charge on any atom is -0.479 e. The van der Waals surface area contributed by atoms with Gasteiger partial charge in [-0.2, -0.15) is 5.26 Å². The molecule has 0 spiro atoms. The maximum absolute atomic E-state index is 12.4. The molecular weight excluding hydrogens is 347 g/mol. The number of likely N-dealkylation sites (N-methyl/N-ethyl adjacent to an activating group) is 1. The van der Waals surface area contributed by atoms with Crippen molar-refractivity contribution in [2.45, 2.75) is 19.6 Å². The van der Waals surface area contributed by atoms with Gasteiger partial charge in [0.1, 0.15) is 10.8 Å². The number of hydrogen-bond donors (Lipinski definition) is 0. The maximum atomic E-state index is 12.4. The standard InChI is InChI=1S/C18H16Cl2N2O2/c1-12(24-16-5-3-4-15(19)17(16)20)18(23)22(2)11-14-8-6-13(10-21)7-9-14/h3-9,12H,11H2,1-2H3. The molecule has 2 rings (SSSR count). The van der Waals surface area contributed by atoms with Crippen LogP contribution in [0.1, 0.15) is 18.1 Å². The van der Waals surface area contributed by atoms with E-state index in [1.165, 1.54) is 0 Å². The fraction of sp³-hybridized carbons (Fsp3) is 0.222. The summed E-state index contributed by atoms with van der Waals surface area (Å²) in [7, 11) is 1.69. The molecule has 4 nitrogen and oxygen atoms in total. The number of amides is 1. The van der Waals surface area contributed by atoms with E-state index >= 15 is 0 Å². The fourth-order valence-corrected chi connectivity index (χ4v) is 2.50. The Hall–Kier alpha value is -2.22. The van der Waals surface area contributed by atoms with E-state index in [2.05, 4.69) is 6.07 Å². The van der Waals surface area contributed by atoms with Gasteiger partial charge in [-0.25, -0.2) is 0 Å². The zero-order valence-electron chi connectivity index (χ0n) is 13.3. The molecule has 1 amide bonds. The quantitative estimate of drug-likeness (QED) is 0.796. The van der Waals surface area contributed by atoms with Gasteiger partial charge < -0.3 is 9.64 Å². The number of benzene rings is 2. The first kappa shape index (κ1) is 18.1. The van der Waals surface area contributed by atoms with Gasteiger partial charge in [-0.1, -0.05) is 41.4 Å². The normalized spacial score (nSPS) is 11.5. The molecule has 0 saturated heterocycles. The number of hydrogen-bond acceptors (Lipinski definition) is 3. The molecule has 2 aromatic carbocycles. The van der Waals surface area contributed by atoms with Gasteiger partial charge in [0.05, 0.1) is 16.7 Å². The third-order valence-electron chi connectivity index (χ3n) is 3.45. The van der Waals surface area contributed by atoms with Gasteiger partial charge in [0.15, 0.2) is 6.10 Å². The number of nitrogens with zero attached hydrogens (tertiary/aromatic N) is 2. The zero-order chi connectivity index (χ0) is 17.7. The fourth-order valence-electron chi connectivity index (χ4n) is 2.16. The van der Waals surface area contributed by atoms with Crippen LogP contribution in [-0.2, 0) is 11.3 Å². The van der Waals surface area contributed by atoms with E-state index in [4.69, 9.17) is 33.2 Å². The van der Waals surface area contributed by atoms with Crippen molar-refractivity contribution in [3.63, 3.8) is 0 Å². The molecule has 0 bridgehead atoms. The van der Waals surface area contributed by atoms with Crippen molar-refractivity contribution in [1.29, 1.82) is 5.26 Å². The van der Waals surface area contributed by atoms with Gasteiger partial charge in [0, 0.05) is 13.6 Å². The number of halogens is 2. The molecule has 6 heteroatoms. The zero-order valence-corrected chi connectivity index (χ0v) is 14.8. The lowest BCUT2D eigenvalue weighted by Gasteiger charge is -2.22. The molecule has 0 fully saturated rings. The number of carbonyl (C=O) groups excluding carboxylic acids is 1. The molecule has 24 heavy (non-hydrogen) atoms. The van der Waals surface area contributed by atoms with Crippen LogP contribution >= 0.6 is 23.2 Å². The summed E-state index contributed by atoms with van der Waals surface area (Å²) in [4.78, 5) is 14.0. The van der Waals surface area contributed by atoms with Crippen LogP contribution in [0.5, 0.6) is 5.75 Å². The first-order valence-corrected chi connectivity index (χ1v) is 8.02. The molecule has 1 unspecified atom stereocenters. The van der Waals surface area contributed by atoms with Crippen LogP contribution in [-0.4, -0.2) is 24.0 Å². The Morgan fingerprint density at radius 3 is 2.54 bits per heavy atom. The number of rotatable bonds is 5. The Bertz CT molecular complexity index is 770. The Morgan fingerprint density at radius 1 is 1.25 bits per heavy atom. The summed E-state index contributed by atoms with van der Waals surface area (Å²) in [6.07, 6.45) is -0.704. The minimum absolute atomic E-state index is 0.185. The van der Waals surface area contributed by atoms with Crippen molar-refractivity contribution in [1.82, 2.24) is 4.90 Å². The molecule has 0 aliphatic heterocycles. The van der Waals surface area contributed by atoms with Crippen LogP contribution in [0.2, 0.25) is 10.0 Å². The Morgan fingerprint density at radius 2 is 1.92 bits per heavy atom. The Kier molecular flexibility index (Phi) is 6.08. The molecular formula is C18H16Cl2N2O2. The summed E-state index contributed by atoms with van der Waals surface area (Å²) in [6.45, 7) is 2.08. The summed E-state index contributed by atoms with van der Waals surface area (Å²) in [5.74, 6) is 0.187. The summed E-state index contributed by atoms with van der Waals surface area (Å²) < 4.78 is 5.63. The summed E-state index contributed by atoms with van der Waals surface area (Å²) in [5.41, 5.74) is 1.51. The van der Waals surface area contributed by atoms with Crippen LogP contribution < -0.4 is 4.74 Å². The SMILES string of the molecule is CC(Oc1cccc(Cl)c1Cl)C(=O)N(C)Cc1ccc(C#N)cc1. The van der Waals surface area contributed by atoms with E-state index in [1.54, 1.807) is 49.2 Å². The molecule has 0 saturated carbocycles. The number of carbonyl (C=O) groups is 1. The summed E-state index contributed by atoms with van der Waals surface area (Å²) >= 11 is 12.0. The molecule has 124 valence electrons. The highest BCUT2D eigenvalue weighted by Crippen LogP contribution is 2.32. The van der Waals surface area contributed by atoms with Gasteiger partial charge in [0.25, 0.3) is 5.91 Å². The maximum Gasteiger partial charge on any atom is 0.263 e. The van der Waals surface area contributed by atoms with Crippen molar-refractivity contribution in [3.05, 3.63) is 63.6 Å². The van der Waals surface area contributed by atoms with Crippen molar-refractivity contribution in [2.24, 2.45) is 0 Å². The summed E-state index contributed by atoms with van der Waals surface area (Å²) in [6, 6.07) is 14.2. The average Bonchev–Trinajstić information content (AvgIpc) is 2.58. The van der Waals surface area contributed by atoms with E-state index in [1.807, 2.05) is 12.1 Å². The van der Waals surface area contributed by atoms with Crippen LogP contribution in [0.15, 0.2) is 42.5 Å². The largest absolute Gasteiger partial charge is 0.479 e. The summed E-state index contributed by atoms with van der Waals surface area (Å²) in [5, 5.41) is 9.46. The second-order valence-corrected chi connectivity index (χ2v) is 6.10. The van der Waals surface area contributed by atoms with Gasteiger partial charge in [-0.05, 0) is 36.8 Å². The van der Waals surface area contributed by atoms with Crippen molar-refractivity contribution < 1.29 is 9.53 Å². The van der Waals surface area contributed by atoms with Crippen LogP contribution in [0.4, 0.5) is 0 Å². The molecule has 0 N–H and O–H groups in total. The van der Waals surface area contributed by atoms with E-state index < -0.39 is 6.10 Å². The van der Waals surface area contributed by atoms with E-state index in [0.29, 0.717) is 22.9 Å². The van der Waals surface area contributed by atoms with E-state index in [-0.39, 0.29) is 10.9 Å². The third-order valence-corrected chi connectivity index (χ3v) is 4.25. The highest BCUT2D eigenvalue weighted by molar-refractivity contribution is 6.42. The first-order chi connectivity index (χ1) is 11.4. The van der Waals surface area contributed by atoms with Crippen molar-refractivity contribution >= 4 is 29.1 Å². The van der Waals surface area contributed by atoms with Gasteiger partial charge in [0.2, 0.25) is 0 Å².